The van der Waals surface area contributed by atoms with Crippen molar-refractivity contribution in [1.82, 2.24) is 0 Å². The van der Waals surface area contributed by atoms with Crippen molar-refractivity contribution in [3.8, 4) is 5.75 Å². The second-order valence-electron chi connectivity index (χ2n) is 5.04. The number of carbonyl (C=O) groups is 1. The third kappa shape index (κ3) is 2.01. The maximum absolute atomic E-state index is 12.3. The maximum Gasteiger partial charge on any atom is 0.231 e. The van der Waals surface area contributed by atoms with Crippen LogP contribution in [-0.2, 0) is 0 Å². The van der Waals surface area contributed by atoms with Crippen molar-refractivity contribution < 1.29 is 9.53 Å². The first-order chi connectivity index (χ1) is 10.3. The van der Waals surface area contributed by atoms with Crippen LogP contribution in [0.3, 0.4) is 0 Å². The van der Waals surface area contributed by atoms with Gasteiger partial charge in [-0.25, -0.2) is 0 Å². The molecule has 3 aromatic rings. The van der Waals surface area contributed by atoms with Gasteiger partial charge in [0.2, 0.25) is 5.78 Å². The Morgan fingerprint density at radius 1 is 0.810 bits per heavy atom. The maximum atomic E-state index is 12.3. The number of hydrogen-bond acceptors (Lipinski definition) is 2. The highest BCUT2D eigenvalue weighted by Crippen LogP contribution is 2.31. The van der Waals surface area contributed by atoms with E-state index in [-0.39, 0.29) is 5.78 Å². The zero-order valence-electron chi connectivity index (χ0n) is 11.2. The predicted octanol–water partition coefficient (Wildman–Crippen LogP) is 4.46. The summed E-state index contributed by atoms with van der Waals surface area (Å²) in [5.74, 6) is 0.958. The van der Waals surface area contributed by atoms with Gasteiger partial charge in [0.25, 0.3) is 0 Å². The monoisotopic (exact) mass is 272 g/mol. The second-order valence-corrected chi connectivity index (χ2v) is 5.04. The molecule has 0 N–H and O–H groups in total. The molecule has 0 spiro atoms. The van der Waals surface area contributed by atoms with Gasteiger partial charge in [-0.3, -0.25) is 4.79 Å². The number of hydrogen-bond donors (Lipinski definition) is 0. The molecule has 2 nitrogen and oxygen atoms in total. The summed E-state index contributed by atoms with van der Waals surface area (Å²) in [5, 5.41) is 2.33. The molecule has 1 aliphatic heterocycles. The Balaban J connectivity index is 1.76. The first-order valence-corrected chi connectivity index (χ1v) is 6.83. The number of rotatable bonds is 1. The van der Waals surface area contributed by atoms with Crippen molar-refractivity contribution in [1.29, 1.82) is 0 Å². The Labute approximate surface area is 122 Å². The Hall–Kier alpha value is -2.87. The summed E-state index contributed by atoms with van der Waals surface area (Å²) in [4.78, 5) is 12.3. The molecule has 2 heteroatoms. The average molecular weight is 272 g/mol. The molecule has 0 atom stereocenters. The lowest BCUT2D eigenvalue weighted by Gasteiger charge is -2.01. The zero-order valence-corrected chi connectivity index (χ0v) is 11.2. The minimum atomic E-state index is -0.0567. The molecular formula is C19H12O2. The van der Waals surface area contributed by atoms with Crippen molar-refractivity contribution in [2.75, 3.05) is 0 Å². The molecule has 0 aliphatic carbocycles. The van der Waals surface area contributed by atoms with Crippen LogP contribution >= 0.6 is 0 Å². The number of ketones is 1. The smallest absolute Gasteiger partial charge is 0.231 e. The number of Topliss-reactive ketones (excluding diaryl/α,β-unsaturated/α-hetero) is 1. The van der Waals surface area contributed by atoms with E-state index >= 15 is 0 Å². The molecule has 100 valence electrons. The quantitative estimate of drug-likeness (QED) is 0.611. The van der Waals surface area contributed by atoms with Gasteiger partial charge in [-0.15, -0.1) is 0 Å². The van der Waals surface area contributed by atoms with Gasteiger partial charge < -0.3 is 4.74 Å². The van der Waals surface area contributed by atoms with E-state index < -0.39 is 0 Å². The SMILES string of the molecule is O=C1/C(=C\c2ccc3ccccc3c2)Oc2ccccc21. The predicted molar refractivity (Wildman–Crippen MR) is 83.3 cm³/mol. The first kappa shape index (κ1) is 11.9. The van der Waals surface area contributed by atoms with Crippen molar-refractivity contribution in [3.05, 3.63) is 83.6 Å². The van der Waals surface area contributed by atoms with E-state index in [2.05, 4.69) is 18.2 Å². The lowest BCUT2D eigenvalue weighted by molar-refractivity contribution is 0.101. The molecule has 0 saturated heterocycles. The van der Waals surface area contributed by atoms with E-state index in [4.69, 9.17) is 4.74 Å². The fourth-order valence-electron chi connectivity index (χ4n) is 2.58. The van der Waals surface area contributed by atoms with Crippen molar-refractivity contribution in [3.63, 3.8) is 0 Å². The highest BCUT2D eigenvalue weighted by atomic mass is 16.5. The van der Waals surface area contributed by atoms with Crippen LogP contribution in [0.2, 0.25) is 0 Å². The number of fused-ring (bicyclic) bond motifs is 2. The van der Waals surface area contributed by atoms with E-state index in [0.717, 1.165) is 10.9 Å². The molecule has 21 heavy (non-hydrogen) atoms. The lowest BCUT2D eigenvalue weighted by atomic mass is 10.1. The minimum Gasteiger partial charge on any atom is -0.452 e. The van der Waals surface area contributed by atoms with Gasteiger partial charge in [0.1, 0.15) is 5.75 Å². The molecule has 0 radical (unpaired) electrons. The largest absolute Gasteiger partial charge is 0.452 e. The van der Waals surface area contributed by atoms with Gasteiger partial charge in [-0.1, -0.05) is 48.5 Å². The van der Waals surface area contributed by atoms with Crippen LogP contribution < -0.4 is 4.74 Å². The van der Waals surface area contributed by atoms with Crippen LogP contribution in [0.15, 0.2) is 72.5 Å². The molecule has 1 aliphatic rings. The summed E-state index contributed by atoms with van der Waals surface area (Å²) >= 11 is 0. The van der Waals surface area contributed by atoms with Crippen LogP contribution in [0.4, 0.5) is 0 Å². The van der Waals surface area contributed by atoms with E-state index in [9.17, 15) is 4.79 Å². The van der Waals surface area contributed by atoms with Crippen LogP contribution in [0, 0.1) is 0 Å². The van der Waals surface area contributed by atoms with Crippen molar-refractivity contribution >= 4 is 22.6 Å². The van der Waals surface area contributed by atoms with Crippen molar-refractivity contribution in [2.24, 2.45) is 0 Å². The summed E-state index contributed by atoms with van der Waals surface area (Å²) in [6, 6.07) is 21.6. The van der Waals surface area contributed by atoms with E-state index in [1.807, 2.05) is 42.5 Å². The topological polar surface area (TPSA) is 26.3 Å². The van der Waals surface area contributed by atoms with Gasteiger partial charge in [0.15, 0.2) is 5.76 Å². The molecule has 0 saturated carbocycles. The first-order valence-electron chi connectivity index (χ1n) is 6.83. The molecule has 0 bridgehead atoms. The number of allylic oxidation sites excluding steroid dienone is 1. The highest BCUT2D eigenvalue weighted by Gasteiger charge is 2.26. The summed E-state index contributed by atoms with van der Waals surface area (Å²) < 4.78 is 5.65. The van der Waals surface area contributed by atoms with Gasteiger partial charge in [0.05, 0.1) is 5.56 Å². The third-order valence-electron chi connectivity index (χ3n) is 3.65. The fourth-order valence-corrected chi connectivity index (χ4v) is 2.58. The second kappa shape index (κ2) is 4.60. The fraction of sp³-hybridized carbons (Fsp3) is 0. The number of para-hydroxylation sites is 1. The van der Waals surface area contributed by atoms with Gasteiger partial charge >= 0.3 is 0 Å². The number of ether oxygens (including phenoxy) is 1. The Morgan fingerprint density at radius 3 is 2.43 bits per heavy atom. The zero-order chi connectivity index (χ0) is 14.2. The Kier molecular flexibility index (Phi) is 2.61. The Bertz CT molecular complexity index is 891. The van der Waals surface area contributed by atoms with Crippen LogP contribution in [0.5, 0.6) is 5.75 Å². The van der Waals surface area contributed by atoms with Crippen LogP contribution in [0.25, 0.3) is 16.8 Å². The standard InChI is InChI=1S/C19H12O2/c20-19-16-7-3-4-8-17(16)21-18(19)12-13-9-10-14-5-1-2-6-15(14)11-13/h1-12H/b18-12+. The molecule has 0 unspecified atom stereocenters. The molecule has 4 rings (SSSR count). The number of carbonyl (C=O) groups excluding carboxylic acids is 1. The van der Waals surface area contributed by atoms with Crippen LogP contribution in [0.1, 0.15) is 15.9 Å². The minimum absolute atomic E-state index is 0.0567. The number of benzene rings is 3. The summed E-state index contributed by atoms with van der Waals surface area (Å²) in [5.41, 5.74) is 1.59. The Morgan fingerprint density at radius 2 is 1.57 bits per heavy atom. The summed E-state index contributed by atoms with van der Waals surface area (Å²) in [7, 11) is 0. The van der Waals surface area contributed by atoms with Crippen molar-refractivity contribution in [2.45, 2.75) is 0 Å². The molecule has 1 heterocycles. The molecule has 0 aromatic heterocycles. The van der Waals surface area contributed by atoms with E-state index in [0.29, 0.717) is 17.1 Å². The summed E-state index contributed by atoms with van der Waals surface area (Å²) in [6.07, 6.45) is 1.80. The molecular weight excluding hydrogens is 260 g/mol. The lowest BCUT2D eigenvalue weighted by Crippen LogP contribution is -1.97. The molecule has 0 amide bonds. The average Bonchev–Trinajstić information content (AvgIpc) is 2.84. The van der Waals surface area contributed by atoms with Crippen LogP contribution in [-0.4, -0.2) is 5.78 Å². The third-order valence-corrected chi connectivity index (χ3v) is 3.65. The van der Waals surface area contributed by atoms with E-state index in [1.54, 1.807) is 12.1 Å². The normalized spacial score (nSPS) is 15.2. The van der Waals surface area contributed by atoms with Gasteiger partial charge in [-0.2, -0.15) is 0 Å². The summed E-state index contributed by atoms with van der Waals surface area (Å²) in [6.45, 7) is 0. The molecule has 0 fully saturated rings. The highest BCUT2D eigenvalue weighted by molar-refractivity contribution is 6.14. The van der Waals surface area contributed by atoms with Gasteiger partial charge in [-0.05, 0) is 40.6 Å². The van der Waals surface area contributed by atoms with Gasteiger partial charge in [0, 0.05) is 0 Å². The molecule has 3 aromatic carbocycles. The van der Waals surface area contributed by atoms with E-state index in [1.165, 1.54) is 5.39 Å².